The Morgan fingerprint density at radius 2 is 2.04 bits per heavy atom. The first-order valence-electron chi connectivity index (χ1n) is 8.41. The van der Waals surface area contributed by atoms with Gasteiger partial charge in [0.1, 0.15) is 11.6 Å². The Hall–Kier alpha value is -2.73. The van der Waals surface area contributed by atoms with Crippen LogP contribution >= 0.6 is 0 Å². The molecule has 0 bridgehead atoms. The molecule has 5 nitrogen and oxygen atoms in total. The third kappa shape index (κ3) is 3.91. The standard InChI is InChI=1S/C20H22FN3O2/c1-13-10-16(8-9-18(13)21)19-22-20(26-23-19)14(2)24(3)12-15-6-5-7-17(11-15)25-4/h5-11,14H,12H2,1-4H3. The average molecular weight is 355 g/mol. The molecule has 1 unspecified atom stereocenters. The Labute approximate surface area is 152 Å². The van der Waals surface area contributed by atoms with Gasteiger partial charge in [-0.25, -0.2) is 4.39 Å². The predicted octanol–water partition coefficient (Wildman–Crippen LogP) is 4.39. The fourth-order valence-corrected chi connectivity index (χ4v) is 2.69. The van der Waals surface area contributed by atoms with E-state index in [0.29, 0.717) is 23.8 Å². The van der Waals surface area contributed by atoms with Crippen LogP contribution in [0.3, 0.4) is 0 Å². The third-order valence-electron chi connectivity index (χ3n) is 4.44. The summed E-state index contributed by atoms with van der Waals surface area (Å²) in [6.07, 6.45) is 0. The maximum Gasteiger partial charge on any atom is 0.244 e. The average Bonchev–Trinajstić information content (AvgIpc) is 3.13. The normalized spacial score (nSPS) is 12.4. The molecule has 26 heavy (non-hydrogen) atoms. The van der Waals surface area contributed by atoms with Gasteiger partial charge in [-0.15, -0.1) is 0 Å². The Balaban J connectivity index is 1.74. The van der Waals surface area contributed by atoms with Crippen molar-refractivity contribution in [3.05, 3.63) is 65.3 Å². The number of rotatable bonds is 6. The monoisotopic (exact) mass is 355 g/mol. The molecule has 1 heterocycles. The van der Waals surface area contributed by atoms with E-state index >= 15 is 0 Å². The van der Waals surface area contributed by atoms with E-state index in [9.17, 15) is 4.39 Å². The van der Waals surface area contributed by atoms with E-state index in [-0.39, 0.29) is 11.9 Å². The van der Waals surface area contributed by atoms with Gasteiger partial charge in [0.2, 0.25) is 11.7 Å². The number of hydrogen-bond acceptors (Lipinski definition) is 5. The molecule has 0 aliphatic heterocycles. The van der Waals surface area contributed by atoms with Gasteiger partial charge in [0.05, 0.1) is 13.2 Å². The second-order valence-corrected chi connectivity index (χ2v) is 6.36. The highest BCUT2D eigenvalue weighted by Crippen LogP contribution is 2.24. The molecule has 2 aromatic carbocycles. The third-order valence-corrected chi connectivity index (χ3v) is 4.44. The van der Waals surface area contributed by atoms with Crippen molar-refractivity contribution in [2.45, 2.75) is 26.4 Å². The zero-order valence-electron chi connectivity index (χ0n) is 15.4. The fraction of sp³-hybridized carbons (Fsp3) is 0.300. The largest absolute Gasteiger partial charge is 0.497 e. The minimum absolute atomic E-state index is 0.0657. The van der Waals surface area contributed by atoms with Crippen molar-refractivity contribution in [1.82, 2.24) is 15.0 Å². The molecule has 0 radical (unpaired) electrons. The number of aryl methyl sites for hydroxylation is 1. The molecular formula is C20H22FN3O2. The summed E-state index contributed by atoms with van der Waals surface area (Å²) in [4.78, 5) is 6.59. The van der Waals surface area contributed by atoms with Crippen LogP contribution in [0.1, 0.15) is 30.0 Å². The van der Waals surface area contributed by atoms with E-state index in [1.165, 1.54) is 6.07 Å². The smallest absolute Gasteiger partial charge is 0.244 e. The molecule has 6 heteroatoms. The van der Waals surface area contributed by atoms with E-state index < -0.39 is 0 Å². The summed E-state index contributed by atoms with van der Waals surface area (Å²) in [5.74, 6) is 1.57. The van der Waals surface area contributed by atoms with Crippen LogP contribution in [0.15, 0.2) is 47.0 Å². The highest BCUT2D eigenvalue weighted by molar-refractivity contribution is 5.55. The summed E-state index contributed by atoms with van der Waals surface area (Å²) >= 11 is 0. The van der Waals surface area contributed by atoms with Gasteiger partial charge >= 0.3 is 0 Å². The van der Waals surface area contributed by atoms with Crippen molar-refractivity contribution >= 4 is 0 Å². The van der Waals surface area contributed by atoms with Crippen LogP contribution in [-0.2, 0) is 6.54 Å². The lowest BCUT2D eigenvalue weighted by atomic mass is 10.1. The maximum atomic E-state index is 13.4. The molecule has 0 fully saturated rings. The van der Waals surface area contributed by atoms with Crippen LogP contribution in [-0.4, -0.2) is 29.2 Å². The van der Waals surface area contributed by atoms with Crippen LogP contribution in [0.5, 0.6) is 5.75 Å². The van der Waals surface area contributed by atoms with Crippen molar-refractivity contribution in [2.24, 2.45) is 0 Å². The Morgan fingerprint density at radius 1 is 1.23 bits per heavy atom. The van der Waals surface area contributed by atoms with Crippen LogP contribution in [0.4, 0.5) is 4.39 Å². The zero-order chi connectivity index (χ0) is 18.7. The molecule has 0 aliphatic carbocycles. The van der Waals surface area contributed by atoms with Crippen LogP contribution in [0.25, 0.3) is 11.4 Å². The van der Waals surface area contributed by atoms with Gasteiger partial charge in [0, 0.05) is 12.1 Å². The summed E-state index contributed by atoms with van der Waals surface area (Å²) < 4.78 is 24.1. The van der Waals surface area contributed by atoms with Gasteiger partial charge in [-0.1, -0.05) is 17.3 Å². The molecule has 0 saturated carbocycles. The minimum Gasteiger partial charge on any atom is -0.497 e. The van der Waals surface area contributed by atoms with Crippen molar-refractivity contribution in [3.8, 4) is 17.1 Å². The summed E-state index contributed by atoms with van der Waals surface area (Å²) in [5, 5.41) is 4.04. The second-order valence-electron chi connectivity index (χ2n) is 6.36. The number of methoxy groups -OCH3 is 1. The quantitative estimate of drug-likeness (QED) is 0.656. The summed E-state index contributed by atoms with van der Waals surface area (Å²) in [6, 6.07) is 12.7. The van der Waals surface area contributed by atoms with E-state index in [4.69, 9.17) is 9.26 Å². The van der Waals surface area contributed by atoms with Gasteiger partial charge in [0.25, 0.3) is 0 Å². The molecule has 0 N–H and O–H groups in total. The van der Waals surface area contributed by atoms with Crippen molar-refractivity contribution in [1.29, 1.82) is 0 Å². The number of benzene rings is 2. The van der Waals surface area contributed by atoms with E-state index in [1.807, 2.05) is 38.2 Å². The van der Waals surface area contributed by atoms with E-state index in [2.05, 4.69) is 15.0 Å². The van der Waals surface area contributed by atoms with Gasteiger partial charge in [0.15, 0.2) is 0 Å². The van der Waals surface area contributed by atoms with Gasteiger partial charge in [-0.2, -0.15) is 4.98 Å². The highest BCUT2D eigenvalue weighted by Gasteiger charge is 2.20. The number of aromatic nitrogens is 2. The molecule has 1 aromatic heterocycles. The second kappa shape index (κ2) is 7.66. The molecule has 0 amide bonds. The van der Waals surface area contributed by atoms with Crippen molar-refractivity contribution in [3.63, 3.8) is 0 Å². The SMILES string of the molecule is COc1cccc(CN(C)C(C)c2nc(-c3ccc(F)c(C)c3)no2)c1. The Morgan fingerprint density at radius 3 is 2.77 bits per heavy atom. The molecule has 136 valence electrons. The van der Waals surface area contributed by atoms with Gasteiger partial charge in [-0.3, -0.25) is 4.90 Å². The first-order valence-corrected chi connectivity index (χ1v) is 8.41. The zero-order valence-corrected chi connectivity index (χ0v) is 15.4. The van der Waals surface area contributed by atoms with Crippen LogP contribution in [0, 0.1) is 12.7 Å². The lowest BCUT2D eigenvalue weighted by Gasteiger charge is -2.21. The minimum atomic E-state index is -0.246. The lowest BCUT2D eigenvalue weighted by Crippen LogP contribution is -2.22. The van der Waals surface area contributed by atoms with Gasteiger partial charge in [-0.05, 0) is 62.4 Å². The summed E-state index contributed by atoms with van der Waals surface area (Å²) in [7, 11) is 3.65. The van der Waals surface area contributed by atoms with E-state index in [0.717, 1.165) is 16.9 Å². The highest BCUT2D eigenvalue weighted by atomic mass is 19.1. The molecule has 3 aromatic rings. The van der Waals surface area contributed by atoms with Crippen molar-refractivity contribution < 1.29 is 13.7 Å². The molecule has 0 saturated heterocycles. The summed E-state index contributed by atoms with van der Waals surface area (Å²) in [5.41, 5.74) is 2.42. The number of hydrogen-bond donors (Lipinski definition) is 0. The van der Waals surface area contributed by atoms with Crippen LogP contribution < -0.4 is 4.74 Å². The Bertz CT molecular complexity index is 894. The maximum absolute atomic E-state index is 13.4. The molecule has 1 atom stereocenters. The topological polar surface area (TPSA) is 51.4 Å². The molecule has 3 rings (SSSR count). The fourth-order valence-electron chi connectivity index (χ4n) is 2.69. The molecule has 0 aliphatic rings. The molecule has 0 spiro atoms. The number of nitrogens with zero attached hydrogens (tertiary/aromatic N) is 3. The summed E-state index contributed by atoms with van der Waals surface area (Å²) in [6.45, 7) is 4.43. The van der Waals surface area contributed by atoms with E-state index in [1.54, 1.807) is 26.2 Å². The van der Waals surface area contributed by atoms with Gasteiger partial charge < -0.3 is 9.26 Å². The van der Waals surface area contributed by atoms with Crippen LogP contribution in [0.2, 0.25) is 0 Å². The number of halogens is 1. The molecular weight excluding hydrogens is 333 g/mol. The lowest BCUT2D eigenvalue weighted by molar-refractivity contribution is 0.202. The predicted molar refractivity (Wildman–Crippen MR) is 97.3 cm³/mol. The van der Waals surface area contributed by atoms with Crippen molar-refractivity contribution in [2.75, 3.05) is 14.2 Å². The first-order chi connectivity index (χ1) is 12.5. The first kappa shape index (κ1) is 18.1. The Kier molecular flexibility index (Phi) is 5.32. The number of ether oxygens (including phenoxy) is 1.